The topological polar surface area (TPSA) is 41.1 Å². The van der Waals surface area contributed by atoms with E-state index in [1.807, 2.05) is 56.3 Å². The minimum atomic E-state index is 0.0604. The Hall–Kier alpha value is -2.29. The molecule has 0 radical (unpaired) electrons. The van der Waals surface area contributed by atoms with Crippen molar-refractivity contribution in [3.63, 3.8) is 0 Å². The summed E-state index contributed by atoms with van der Waals surface area (Å²) in [5.74, 6) is 0.426. The van der Waals surface area contributed by atoms with Crippen molar-refractivity contribution in [3.8, 4) is 0 Å². The van der Waals surface area contributed by atoms with Crippen LogP contribution < -0.4 is 10.6 Å². The number of nitrogens with one attached hydrogen (secondary N) is 2. The van der Waals surface area contributed by atoms with Crippen LogP contribution in [0.3, 0.4) is 0 Å². The molecular formula is C18H22N2O. The van der Waals surface area contributed by atoms with E-state index in [1.54, 1.807) is 0 Å². The third-order valence-corrected chi connectivity index (χ3v) is 3.08. The standard InChI is InChI=1S/C18H22N2O/c1-14(2)11-18(21)20-17-10-6-9-16(12-17)19-13-15-7-4-3-5-8-15/h3-10,12,14,19H,11,13H2,1-2H3,(H,20,21). The smallest absolute Gasteiger partial charge is 0.224 e. The molecule has 0 heterocycles. The van der Waals surface area contributed by atoms with E-state index in [-0.39, 0.29) is 5.91 Å². The molecule has 0 aromatic heterocycles. The summed E-state index contributed by atoms with van der Waals surface area (Å²) in [6.45, 7) is 4.85. The zero-order valence-electron chi connectivity index (χ0n) is 12.6. The van der Waals surface area contributed by atoms with Gasteiger partial charge in [-0.2, -0.15) is 0 Å². The molecule has 0 aliphatic carbocycles. The van der Waals surface area contributed by atoms with Crippen LogP contribution in [0.4, 0.5) is 11.4 Å². The summed E-state index contributed by atoms with van der Waals surface area (Å²) >= 11 is 0. The van der Waals surface area contributed by atoms with Gasteiger partial charge in [0.05, 0.1) is 0 Å². The first-order chi connectivity index (χ1) is 10.1. The first-order valence-corrected chi connectivity index (χ1v) is 7.31. The third kappa shape index (κ3) is 5.30. The van der Waals surface area contributed by atoms with E-state index in [9.17, 15) is 4.79 Å². The Labute approximate surface area is 126 Å². The van der Waals surface area contributed by atoms with Gasteiger partial charge in [0.25, 0.3) is 0 Å². The lowest BCUT2D eigenvalue weighted by Crippen LogP contribution is -2.13. The second kappa shape index (κ2) is 7.48. The van der Waals surface area contributed by atoms with Crippen molar-refractivity contribution < 1.29 is 4.79 Å². The number of carbonyl (C=O) groups excluding carboxylic acids is 1. The highest BCUT2D eigenvalue weighted by molar-refractivity contribution is 5.91. The summed E-state index contributed by atoms with van der Waals surface area (Å²) in [5, 5.41) is 6.30. The fraction of sp³-hybridized carbons (Fsp3) is 0.278. The van der Waals surface area contributed by atoms with Gasteiger partial charge in [-0.05, 0) is 29.7 Å². The predicted octanol–water partition coefficient (Wildman–Crippen LogP) is 4.28. The molecule has 1 amide bonds. The van der Waals surface area contributed by atoms with Crippen LogP contribution in [0.1, 0.15) is 25.8 Å². The minimum absolute atomic E-state index is 0.0604. The van der Waals surface area contributed by atoms with Gasteiger partial charge in [0, 0.05) is 24.3 Å². The van der Waals surface area contributed by atoms with Crippen LogP contribution in [0.5, 0.6) is 0 Å². The Balaban J connectivity index is 1.93. The fourth-order valence-corrected chi connectivity index (χ4v) is 2.09. The Morgan fingerprint density at radius 3 is 2.43 bits per heavy atom. The summed E-state index contributed by atoms with van der Waals surface area (Å²) in [5.41, 5.74) is 3.06. The summed E-state index contributed by atoms with van der Waals surface area (Å²) in [7, 11) is 0. The molecule has 2 N–H and O–H groups in total. The van der Waals surface area contributed by atoms with E-state index in [0.29, 0.717) is 12.3 Å². The molecule has 0 aliphatic heterocycles. The third-order valence-electron chi connectivity index (χ3n) is 3.08. The molecule has 0 saturated carbocycles. The molecule has 0 saturated heterocycles. The first kappa shape index (κ1) is 15.1. The zero-order valence-corrected chi connectivity index (χ0v) is 12.6. The van der Waals surface area contributed by atoms with Crippen molar-refractivity contribution in [2.75, 3.05) is 10.6 Å². The molecule has 0 unspecified atom stereocenters. The molecule has 2 aromatic carbocycles. The lowest BCUT2D eigenvalue weighted by Gasteiger charge is -2.10. The maximum Gasteiger partial charge on any atom is 0.224 e. The highest BCUT2D eigenvalue weighted by Crippen LogP contribution is 2.16. The number of rotatable bonds is 6. The zero-order chi connectivity index (χ0) is 15.1. The molecule has 21 heavy (non-hydrogen) atoms. The van der Waals surface area contributed by atoms with Crippen molar-refractivity contribution in [1.82, 2.24) is 0 Å². The minimum Gasteiger partial charge on any atom is -0.381 e. The van der Waals surface area contributed by atoms with Crippen molar-refractivity contribution >= 4 is 17.3 Å². The Morgan fingerprint density at radius 1 is 1.00 bits per heavy atom. The van der Waals surface area contributed by atoms with Gasteiger partial charge in [-0.25, -0.2) is 0 Å². The molecule has 2 aromatic rings. The van der Waals surface area contributed by atoms with E-state index < -0.39 is 0 Å². The van der Waals surface area contributed by atoms with Gasteiger partial charge in [-0.1, -0.05) is 50.2 Å². The molecular weight excluding hydrogens is 260 g/mol. The second-order valence-electron chi connectivity index (χ2n) is 5.57. The van der Waals surface area contributed by atoms with Gasteiger partial charge in [0.1, 0.15) is 0 Å². The molecule has 0 bridgehead atoms. The van der Waals surface area contributed by atoms with Gasteiger partial charge >= 0.3 is 0 Å². The maximum absolute atomic E-state index is 11.8. The molecule has 0 spiro atoms. The van der Waals surface area contributed by atoms with Crippen LogP contribution >= 0.6 is 0 Å². The van der Waals surface area contributed by atoms with Crippen LogP contribution in [0, 0.1) is 5.92 Å². The van der Waals surface area contributed by atoms with E-state index >= 15 is 0 Å². The Kier molecular flexibility index (Phi) is 5.38. The van der Waals surface area contributed by atoms with Crippen molar-refractivity contribution in [1.29, 1.82) is 0 Å². The number of amides is 1. The van der Waals surface area contributed by atoms with Gasteiger partial charge in [0.15, 0.2) is 0 Å². The number of hydrogen-bond acceptors (Lipinski definition) is 2. The molecule has 0 fully saturated rings. The molecule has 3 heteroatoms. The number of benzene rings is 2. The van der Waals surface area contributed by atoms with Crippen LogP contribution in [-0.4, -0.2) is 5.91 Å². The van der Waals surface area contributed by atoms with Crippen LogP contribution in [0.15, 0.2) is 54.6 Å². The summed E-state index contributed by atoms with van der Waals surface area (Å²) in [6, 6.07) is 18.0. The summed E-state index contributed by atoms with van der Waals surface area (Å²) < 4.78 is 0. The lowest BCUT2D eigenvalue weighted by molar-refractivity contribution is -0.116. The number of hydrogen-bond donors (Lipinski definition) is 2. The van der Waals surface area contributed by atoms with Gasteiger partial charge in [-0.3, -0.25) is 4.79 Å². The Morgan fingerprint density at radius 2 is 1.71 bits per heavy atom. The van der Waals surface area contributed by atoms with E-state index in [0.717, 1.165) is 17.9 Å². The van der Waals surface area contributed by atoms with Gasteiger partial charge in [-0.15, -0.1) is 0 Å². The number of anilines is 2. The van der Waals surface area contributed by atoms with Gasteiger partial charge in [0.2, 0.25) is 5.91 Å². The van der Waals surface area contributed by atoms with E-state index in [4.69, 9.17) is 0 Å². The molecule has 110 valence electrons. The van der Waals surface area contributed by atoms with Gasteiger partial charge < -0.3 is 10.6 Å². The average Bonchev–Trinajstić information content (AvgIpc) is 2.46. The molecule has 0 aliphatic rings. The van der Waals surface area contributed by atoms with E-state index in [1.165, 1.54) is 5.56 Å². The van der Waals surface area contributed by atoms with Crippen molar-refractivity contribution in [2.45, 2.75) is 26.8 Å². The summed E-state index contributed by atoms with van der Waals surface area (Å²) in [6.07, 6.45) is 0.543. The summed E-state index contributed by atoms with van der Waals surface area (Å²) in [4.78, 5) is 11.8. The Bertz CT molecular complexity index is 579. The molecule has 3 nitrogen and oxygen atoms in total. The van der Waals surface area contributed by atoms with Crippen LogP contribution in [-0.2, 0) is 11.3 Å². The predicted molar refractivity (Wildman–Crippen MR) is 88.3 cm³/mol. The van der Waals surface area contributed by atoms with Crippen molar-refractivity contribution in [3.05, 3.63) is 60.2 Å². The highest BCUT2D eigenvalue weighted by atomic mass is 16.1. The monoisotopic (exact) mass is 282 g/mol. The SMILES string of the molecule is CC(C)CC(=O)Nc1cccc(NCc2ccccc2)c1. The quantitative estimate of drug-likeness (QED) is 0.830. The fourth-order valence-electron chi connectivity index (χ4n) is 2.09. The average molecular weight is 282 g/mol. The molecule has 2 rings (SSSR count). The van der Waals surface area contributed by atoms with Crippen LogP contribution in [0.2, 0.25) is 0 Å². The lowest BCUT2D eigenvalue weighted by atomic mass is 10.1. The first-order valence-electron chi connectivity index (χ1n) is 7.31. The normalized spacial score (nSPS) is 10.4. The van der Waals surface area contributed by atoms with Crippen molar-refractivity contribution in [2.24, 2.45) is 5.92 Å². The van der Waals surface area contributed by atoms with E-state index in [2.05, 4.69) is 22.8 Å². The highest BCUT2D eigenvalue weighted by Gasteiger charge is 2.05. The molecule has 0 atom stereocenters. The second-order valence-corrected chi connectivity index (χ2v) is 5.57. The number of carbonyl (C=O) groups is 1. The largest absolute Gasteiger partial charge is 0.381 e. The van der Waals surface area contributed by atoms with Crippen LogP contribution in [0.25, 0.3) is 0 Å². The maximum atomic E-state index is 11.8.